The van der Waals surface area contributed by atoms with Gasteiger partial charge in [-0.3, -0.25) is 10.1 Å². The van der Waals surface area contributed by atoms with E-state index in [4.69, 9.17) is 0 Å². The number of piperidine rings is 1. The van der Waals surface area contributed by atoms with Crippen molar-refractivity contribution >= 4 is 5.97 Å². The van der Waals surface area contributed by atoms with Crippen LogP contribution in [0.5, 0.6) is 0 Å². The van der Waals surface area contributed by atoms with Crippen LogP contribution < -0.4 is 5.32 Å². The van der Waals surface area contributed by atoms with E-state index >= 15 is 0 Å². The van der Waals surface area contributed by atoms with E-state index in [1.807, 2.05) is 0 Å². The summed E-state index contributed by atoms with van der Waals surface area (Å²) in [5, 5.41) is 13.0. The van der Waals surface area contributed by atoms with Crippen molar-refractivity contribution in [3.8, 4) is 0 Å². The molecule has 0 bridgehead atoms. The fourth-order valence-corrected chi connectivity index (χ4v) is 3.62. The summed E-state index contributed by atoms with van der Waals surface area (Å²) in [5.74, 6) is -0.631. The lowest BCUT2D eigenvalue weighted by Crippen LogP contribution is -2.52. The van der Waals surface area contributed by atoms with Crippen LogP contribution >= 0.6 is 0 Å². The summed E-state index contributed by atoms with van der Waals surface area (Å²) in [6.45, 7) is 2.34. The maximum atomic E-state index is 11.6. The molecule has 3 aliphatic rings. The van der Waals surface area contributed by atoms with E-state index in [1.54, 1.807) is 0 Å². The Morgan fingerprint density at radius 3 is 2.50 bits per heavy atom. The molecule has 2 saturated carbocycles. The lowest BCUT2D eigenvalue weighted by atomic mass is 9.96. The average Bonchev–Trinajstić information content (AvgIpc) is 3.07. The maximum Gasteiger partial charge on any atom is 0.323 e. The van der Waals surface area contributed by atoms with Crippen LogP contribution in [0.15, 0.2) is 0 Å². The zero-order valence-corrected chi connectivity index (χ0v) is 11.0. The van der Waals surface area contributed by atoms with Crippen LogP contribution in [0.25, 0.3) is 0 Å². The van der Waals surface area contributed by atoms with Crippen LogP contribution in [0.2, 0.25) is 0 Å². The molecule has 0 radical (unpaired) electrons. The van der Waals surface area contributed by atoms with Gasteiger partial charge in [-0.1, -0.05) is 6.42 Å². The Labute approximate surface area is 109 Å². The molecule has 4 nitrogen and oxygen atoms in total. The van der Waals surface area contributed by atoms with Gasteiger partial charge < -0.3 is 10.0 Å². The van der Waals surface area contributed by atoms with Gasteiger partial charge in [0.25, 0.3) is 0 Å². The van der Waals surface area contributed by atoms with Gasteiger partial charge >= 0.3 is 5.97 Å². The number of nitrogens with zero attached hydrogens (tertiary/aromatic N) is 1. The van der Waals surface area contributed by atoms with E-state index in [0.29, 0.717) is 12.1 Å². The van der Waals surface area contributed by atoms with Crippen molar-refractivity contribution in [2.45, 2.75) is 69.0 Å². The first-order chi connectivity index (χ1) is 8.70. The summed E-state index contributed by atoms with van der Waals surface area (Å²) in [6.07, 6.45) is 8.88. The van der Waals surface area contributed by atoms with Crippen LogP contribution in [-0.4, -0.2) is 46.7 Å². The fraction of sp³-hybridized carbons (Fsp3) is 0.929. The number of carboxylic acids is 1. The van der Waals surface area contributed by atoms with Crippen molar-refractivity contribution in [1.29, 1.82) is 0 Å². The van der Waals surface area contributed by atoms with Gasteiger partial charge in [-0.2, -0.15) is 0 Å². The predicted octanol–water partition coefficient (Wildman–Crippen LogP) is 1.60. The lowest BCUT2D eigenvalue weighted by Gasteiger charge is -2.33. The maximum absolute atomic E-state index is 11.6. The molecule has 3 fully saturated rings. The molecule has 0 aromatic carbocycles. The second kappa shape index (κ2) is 4.82. The summed E-state index contributed by atoms with van der Waals surface area (Å²) >= 11 is 0. The van der Waals surface area contributed by atoms with Crippen LogP contribution in [0.3, 0.4) is 0 Å². The third-order valence-corrected chi connectivity index (χ3v) is 4.86. The van der Waals surface area contributed by atoms with Crippen molar-refractivity contribution in [3.63, 3.8) is 0 Å². The van der Waals surface area contributed by atoms with Crippen LogP contribution in [0.4, 0.5) is 0 Å². The first-order valence-corrected chi connectivity index (χ1v) is 7.45. The second-order valence-corrected chi connectivity index (χ2v) is 6.30. The number of hydrogen-bond acceptors (Lipinski definition) is 3. The quantitative estimate of drug-likeness (QED) is 0.798. The summed E-state index contributed by atoms with van der Waals surface area (Å²) in [4.78, 5) is 14.2. The van der Waals surface area contributed by atoms with Crippen LogP contribution in [0.1, 0.15) is 51.4 Å². The second-order valence-electron chi connectivity index (χ2n) is 6.30. The highest BCUT2D eigenvalue weighted by atomic mass is 16.4. The van der Waals surface area contributed by atoms with Crippen molar-refractivity contribution in [3.05, 3.63) is 0 Å². The van der Waals surface area contributed by atoms with Crippen molar-refractivity contribution in [2.75, 3.05) is 13.1 Å². The molecule has 2 N–H and O–H groups in total. The van der Waals surface area contributed by atoms with Gasteiger partial charge in [0.1, 0.15) is 5.54 Å². The molecule has 0 aromatic rings. The standard InChI is InChI=1S/C14H24N2O2/c17-13(18)14(15-11-4-5-11)7-6-12(10-14)16-8-2-1-3-9-16/h11-12,15H,1-10H2,(H,17,18). The fourth-order valence-electron chi connectivity index (χ4n) is 3.62. The average molecular weight is 252 g/mol. The number of carboxylic acid groups (broad SMARTS) is 1. The Morgan fingerprint density at radius 1 is 1.17 bits per heavy atom. The van der Waals surface area contributed by atoms with Gasteiger partial charge in [-0.05, 0) is 58.0 Å². The SMILES string of the molecule is O=C(O)C1(NC2CC2)CCC(N2CCCCC2)C1. The third-order valence-electron chi connectivity index (χ3n) is 4.86. The van der Waals surface area contributed by atoms with Gasteiger partial charge in [0.15, 0.2) is 0 Å². The van der Waals surface area contributed by atoms with E-state index in [-0.39, 0.29) is 0 Å². The molecule has 0 amide bonds. The molecule has 1 heterocycles. The Bertz CT molecular complexity index is 324. The molecular formula is C14H24N2O2. The van der Waals surface area contributed by atoms with Crippen molar-refractivity contribution in [1.82, 2.24) is 10.2 Å². The molecule has 0 aromatic heterocycles. The highest BCUT2D eigenvalue weighted by molar-refractivity contribution is 5.79. The van der Waals surface area contributed by atoms with E-state index in [2.05, 4.69) is 10.2 Å². The summed E-state index contributed by atoms with van der Waals surface area (Å²) in [5.41, 5.74) is -0.622. The normalized spacial score (nSPS) is 37.9. The largest absolute Gasteiger partial charge is 0.480 e. The number of nitrogens with one attached hydrogen (secondary N) is 1. The molecule has 2 aliphatic carbocycles. The Kier molecular flexibility index (Phi) is 3.32. The molecule has 2 unspecified atom stereocenters. The smallest absolute Gasteiger partial charge is 0.323 e. The molecular weight excluding hydrogens is 228 g/mol. The Hall–Kier alpha value is -0.610. The lowest BCUT2D eigenvalue weighted by molar-refractivity contribution is -0.145. The molecule has 18 heavy (non-hydrogen) atoms. The number of rotatable bonds is 4. The number of likely N-dealkylation sites (tertiary alicyclic amines) is 1. The first-order valence-electron chi connectivity index (χ1n) is 7.45. The van der Waals surface area contributed by atoms with Gasteiger partial charge in [-0.15, -0.1) is 0 Å². The molecule has 1 aliphatic heterocycles. The summed E-state index contributed by atoms with van der Waals surface area (Å²) < 4.78 is 0. The van der Waals surface area contributed by atoms with Crippen LogP contribution in [-0.2, 0) is 4.79 Å². The van der Waals surface area contributed by atoms with Gasteiger partial charge in [0, 0.05) is 12.1 Å². The molecule has 4 heteroatoms. The minimum absolute atomic E-state index is 0.473. The summed E-state index contributed by atoms with van der Waals surface area (Å²) in [6, 6.07) is 0.967. The minimum Gasteiger partial charge on any atom is -0.480 e. The van der Waals surface area contributed by atoms with Gasteiger partial charge in [-0.25, -0.2) is 0 Å². The van der Waals surface area contributed by atoms with Gasteiger partial charge in [0.05, 0.1) is 0 Å². The highest BCUT2D eigenvalue weighted by Gasteiger charge is 2.49. The summed E-state index contributed by atoms with van der Waals surface area (Å²) in [7, 11) is 0. The van der Waals surface area contributed by atoms with Crippen molar-refractivity contribution < 1.29 is 9.90 Å². The molecule has 102 valence electrons. The Morgan fingerprint density at radius 2 is 1.89 bits per heavy atom. The molecule has 0 spiro atoms. The number of carbonyl (C=O) groups is 1. The van der Waals surface area contributed by atoms with E-state index in [1.165, 1.54) is 32.4 Å². The zero-order chi connectivity index (χ0) is 12.6. The molecule has 2 atom stereocenters. The molecule has 3 rings (SSSR count). The first kappa shape index (κ1) is 12.4. The highest BCUT2D eigenvalue weighted by Crippen LogP contribution is 2.37. The topological polar surface area (TPSA) is 52.6 Å². The zero-order valence-electron chi connectivity index (χ0n) is 11.0. The minimum atomic E-state index is -0.631. The monoisotopic (exact) mass is 252 g/mol. The van der Waals surface area contributed by atoms with E-state index in [9.17, 15) is 9.90 Å². The van der Waals surface area contributed by atoms with Crippen LogP contribution in [0, 0.1) is 0 Å². The number of hydrogen-bond donors (Lipinski definition) is 2. The van der Waals surface area contributed by atoms with Gasteiger partial charge in [0.2, 0.25) is 0 Å². The Balaban J connectivity index is 1.64. The van der Waals surface area contributed by atoms with E-state index in [0.717, 1.165) is 32.1 Å². The molecule has 1 saturated heterocycles. The van der Waals surface area contributed by atoms with Crippen molar-refractivity contribution in [2.24, 2.45) is 0 Å². The van der Waals surface area contributed by atoms with E-state index < -0.39 is 11.5 Å². The third kappa shape index (κ3) is 2.41. The number of aliphatic carboxylic acids is 1. The predicted molar refractivity (Wildman–Crippen MR) is 69.6 cm³/mol.